The minimum Gasteiger partial charge on any atom is -0.493 e. The van der Waals surface area contributed by atoms with Crippen LogP contribution in [0.2, 0.25) is 0 Å². The van der Waals surface area contributed by atoms with E-state index in [4.69, 9.17) is 14.5 Å². The molecule has 190 valence electrons. The van der Waals surface area contributed by atoms with Crippen LogP contribution >= 0.6 is 11.3 Å². The van der Waals surface area contributed by atoms with Crippen LogP contribution in [0.5, 0.6) is 11.5 Å². The zero-order chi connectivity index (χ0) is 25.5. The molecule has 2 aromatic carbocycles. The first-order chi connectivity index (χ1) is 17.5. The van der Waals surface area contributed by atoms with Crippen molar-refractivity contribution in [2.45, 2.75) is 65.7 Å². The molecule has 0 atom stereocenters. The monoisotopic (exact) mass is 504 g/mol. The number of nitrogens with zero attached hydrogens (tertiary/aromatic N) is 1. The van der Waals surface area contributed by atoms with Crippen molar-refractivity contribution in [3.63, 3.8) is 0 Å². The van der Waals surface area contributed by atoms with Crippen LogP contribution in [0.15, 0.2) is 41.4 Å². The number of amides is 1. The normalized spacial score (nSPS) is 13.7. The van der Waals surface area contributed by atoms with E-state index in [1.54, 1.807) is 24.7 Å². The van der Waals surface area contributed by atoms with Gasteiger partial charge in [0.15, 0.2) is 11.5 Å². The molecule has 0 radical (unpaired) electrons. The lowest BCUT2D eigenvalue weighted by Crippen LogP contribution is -2.15. The summed E-state index contributed by atoms with van der Waals surface area (Å²) in [6.45, 7) is 6.73. The number of methoxy groups -OCH3 is 1. The van der Waals surface area contributed by atoms with E-state index in [9.17, 15) is 4.79 Å². The third-order valence-corrected chi connectivity index (χ3v) is 7.72. The number of fused-ring (bicyclic) bond motifs is 1. The highest BCUT2D eigenvalue weighted by atomic mass is 32.1. The number of rotatable bonds is 8. The first-order valence-electron chi connectivity index (χ1n) is 12.9. The van der Waals surface area contributed by atoms with Gasteiger partial charge in [0, 0.05) is 22.3 Å². The molecule has 1 amide bonds. The highest BCUT2D eigenvalue weighted by Crippen LogP contribution is 2.40. The van der Waals surface area contributed by atoms with E-state index in [1.807, 2.05) is 44.2 Å². The largest absolute Gasteiger partial charge is 0.493 e. The Bertz CT molecular complexity index is 1250. The summed E-state index contributed by atoms with van der Waals surface area (Å²) in [6, 6.07) is 11.9. The molecule has 3 aromatic rings. The van der Waals surface area contributed by atoms with Crippen molar-refractivity contribution in [1.29, 1.82) is 0 Å². The molecule has 4 rings (SSSR count). The van der Waals surface area contributed by atoms with Gasteiger partial charge in [0.25, 0.3) is 5.91 Å². The highest BCUT2D eigenvalue weighted by molar-refractivity contribution is 7.16. The summed E-state index contributed by atoms with van der Waals surface area (Å²) >= 11 is 1.65. The summed E-state index contributed by atoms with van der Waals surface area (Å²) in [5, 5.41) is 3.94. The van der Waals surface area contributed by atoms with Crippen molar-refractivity contribution in [3.05, 3.63) is 69.1 Å². The number of aliphatic imine (C=N–C) groups is 1. The minimum absolute atomic E-state index is 0.0815. The fraction of sp³-hybridized carbons (Fsp3) is 0.400. The van der Waals surface area contributed by atoms with E-state index < -0.39 is 0 Å². The second kappa shape index (κ2) is 12.2. The van der Waals surface area contributed by atoms with Crippen molar-refractivity contribution < 1.29 is 14.3 Å². The van der Waals surface area contributed by atoms with Crippen molar-refractivity contribution >= 4 is 34.1 Å². The van der Waals surface area contributed by atoms with Crippen molar-refractivity contribution in [3.8, 4) is 11.5 Å². The maximum Gasteiger partial charge on any atom is 0.259 e. The van der Waals surface area contributed by atoms with Crippen LogP contribution in [0.1, 0.15) is 76.5 Å². The zero-order valence-electron chi connectivity index (χ0n) is 21.8. The van der Waals surface area contributed by atoms with Crippen molar-refractivity contribution in [1.82, 2.24) is 0 Å². The molecule has 1 heterocycles. The molecule has 1 aliphatic rings. The average molecular weight is 505 g/mol. The molecule has 0 fully saturated rings. The van der Waals surface area contributed by atoms with Gasteiger partial charge in [-0.25, -0.2) is 4.99 Å². The fourth-order valence-electron chi connectivity index (χ4n) is 4.57. The van der Waals surface area contributed by atoms with E-state index in [0.29, 0.717) is 23.7 Å². The molecular formula is C30H36N2O3S. The molecule has 0 saturated carbocycles. The first-order valence-corrected chi connectivity index (χ1v) is 13.7. The Kier molecular flexibility index (Phi) is 8.81. The summed E-state index contributed by atoms with van der Waals surface area (Å²) in [5.41, 5.74) is 5.74. The summed E-state index contributed by atoms with van der Waals surface area (Å²) in [4.78, 5) is 19.9. The van der Waals surface area contributed by atoms with Gasteiger partial charge in [0.05, 0.1) is 19.3 Å². The summed E-state index contributed by atoms with van der Waals surface area (Å²) in [5.74, 6) is 1.28. The predicted molar refractivity (Wildman–Crippen MR) is 150 cm³/mol. The number of carbonyl (C=O) groups excluding carboxylic acids is 1. The Balaban J connectivity index is 1.74. The van der Waals surface area contributed by atoms with Gasteiger partial charge in [-0.2, -0.15) is 0 Å². The number of para-hydroxylation sites is 1. The van der Waals surface area contributed by atoms with Gasteiger partial charge in [0.1, 0.15) is 5.00 Å². The predicted octanol–water partition coefficient (Wildman–Crippen LogP) is 7.82. The van der Waals surface area contributed by atoms with Crippen LogP contribution in [-0.2, 0) is 12.8 Å². The Labute approximate surface area is 218 Å². The third kappa shape index (κ3) is 5.98. The van der Waals surface area contributed by atoms with Gasteiger partial charge in [-0.1, -0.05) is 38.0 Å². The van der Waals surface area contributed by atoms with E-state index in [1.165, 1.54) is 23.3 Å². The molecule has 0 unspecified atom stereocenters. The summed E-state index contributed by atoms with van der Waals surface area (Å²) < 4.78 is 11.5. The summed E-state index contributed by atoms with van der Waals surface area (Å²) in [6.07, 6.45) is 9.32. The molecule has 0 bridgehead atoms. The fourth-order valence-corrected chi connectivity index (χ4v) is 5.80. The number of carbonyl (C=O) groups is 1. The molecule has 1 aromatic heterocycles. The van der Waals surface area contributed by atoms with E-state index in [0.717, 1.165) is 59.5 Å². The maximum absolute atomic E-state index is 13.7. The number of ether oxygens (including phenoxy) is 2. The molecular weight excluding hydrogens is 468 g/mol. The van der Waals surface area contributed by atoms with Gasteiger partial charge < -0.3 is 14.8 Å². The number of thiophene rings is 1. The third-order valence-electron chi connectivity index (χ3n) is 6.52. The van der Waals surface area contributed by atoms with E-state index in [-0.39, 0.29) is 5.91 Å². The average Bonchev–Trinajstić information content (AvgIpc) is 3.19. The Morgan fingerprint density at radius 1 is 1.11 bits per heavy atom. The smallest absolute Gasteiger partial charge is 0.259 e. The molecule has 6 heteroatoms. The Morgan fingerprint density at radius 3 is 2.69 bits per heavy atom. The summed E-state index contributed by atoms with van der Waals surface area (Å²) in [7, 11) is 1.64. The van der Waals surface area contributed by atoms with E-state index >= 15 is 0 Å². The number of aryl methyl sites for hydroxylation is 3. The highest BCUT2D eigenvalue weighted by Gasteiger charge is 2.24. The van der Waals surface area contributed by atoms with Gasteiger partial charge in [-0.3, -0.25) is 4.79 Å². The van der Waals surface area contributed by atoms with Crippen LogP contribution < -0.4 is 14.8 Å². The number of hydrogen-bond acceptors (Lipinski definition) is 5. The molecule has 0 spiro atoms. The quantitative estimate of drug-likeness (QED) is 0.318. The van der Waals surface area contributed by atoms with Crippen LogP contribution in [0.25, 0.3) is 0 Å². The number of hydrogen-bond donors (Lipinski definition) is 1. The second-order valence-corrected chi connectivity index (χ2v) is 10.4. The number of benzene rings is 2. The Hall–Kier alpha value is -3.12. The minimum atomic E-state index is -0.0815. The molecule has 0 saturated heterocycles. The molecule has 36 heavy (non-hydrogen) atoms. The Morgan fingerprint density at radius 2 is 1.92 bits per heavy atom. The molecule has 1 N–H and O–H groups in total. The van der Waals surface area contributed by atoms with Crippen LogP contribution in [-0.4, -0.2) is 25.8 Å². The SMILES string of the molecule is CCCOc1c(C=Nc2sc3c(c2C(=O)Nc2cc(C)ccc2C)CCCCCC3)cccc1OC. The molecule has 1 aliphatic carbocycles. The van der Waals surface area contributed by atoms with Gasteiger partial charge in [-0.05, 0) is 80.8 Å². The van der Waals surface area contributed by atoms with Gasteiger partial charge in [-0.15, -0.1) is 11.3 Å². The van der Waals surface area contributed by atoms with E-state index in [2.05, 4.69) is 18.3 Å². The molecule has 5 nitrogen and oxygen atoms in total. The zero-order valence-corrected chi connectivity index (χ0v) is 22.6. The van der Waals surface area contributed by atoms with Crippen molar-refractivity contribution in [2.24, 2.45) is 4.99 Å². The van der Waals surface area contributed by atoms with Gasteiger partial charge >= 0.3 is 0 Å². The standard InChI is InChI=1S/C30H36N2O3S/c1-5-17-35-28-22(11-10-13-25(28)34-4)19-31-30-27(23-12-8-6-7-9-14-26(23)36-30)29(33)32-24-18-20(2)15-16-21(24)3/h10-11,13,15-16,18-19H,5-9,12,14,17H2,1-4H3,(H,32,33). The lowest BCUT2D eigenvalue weighted by atomic mass is 9.96. The van der Waals surface area contributed by atoms with Gasteiger partial charge in [0.2, 0.25) is 0 Å². The first kappa shape index (κ1) is 26.0. The lowest BCUT2D eigenvalue weighted by molar-refractivity contribution is 0.102. The maximum atomic E-state index is 13.7. The number of nitrogens with one attached hydrogen (secondary N) is 1. The van der Waals surface area contributed by atoms with Crippen molar-refractivity contribution in [2.75, 3.05) is 19.0 Å². The molecule has 0 aliphatic heterocycles. The van der Waals surface area contributed by atoms with Crippen LogP contribution in [0.4, 0.5) is 10.7 Å². The van der Waals surface area contributed by atoms with Crippen LogP contribution in [0, 0.1) is 13.8 Å². The number of anilines is 1. The van der Waals surface area contributed by atoms with Crippen LogP contribution in [0.3, 0.4) is 0 Å². The second-order valence-electron chi connectivity index (χ2n) is 9.36. The topological polar surface area (TPSA) is 59.9 Å². The lowest BCUT2D eigenvalue weighted by Gasteiger charge is -2.13.